The summed E-state index contributed by atoms with van der Waals surface area (Å²) in [4.78, 5) is 22.1. The first-order chi connectivity index (χ1) is 8.82. The molecule has 7 nitrogen and oxygen atoms in total. The van der Waals surface area contributed by atoms with Crippen molar-refractivity contribution in [2.45, 2.75) is 12.2 Å². The zero-order valence-electron chi connectivity index (χ0n) is 10.6. The molecule has 0 saturated carbocycles. The van der Waals surface area contributed by atoms with Crippen molar-refractivity contribution in [2.75, 3.05) is 18.5 Å². The first-order valence-corrected chi connectivity index (χ1v) is 7.09. The van der Waals surface area contributed by atoms with Gasteiger partial charge in [0.2, 0.25) is 0 Å². The van der Waals surface area contributed by atoms with E-state index in [1.165, 1.54) is 24.5 Å². The van der Waals surface area contributed by atoms with Crippen LogP contribution >= 0.6 is 0 Å². The van der Waals surface area contributed by atoms with Crippen molar-refractivity contribution in [1.29, 1.82) is 0 Å². The SMILES string of the molecule is CC(CNC(=O)c1cc(N)ccc1[N+](=O)[O-])S(C)=O. The molecule has 2 unspecified atom stereocenters. The first-order valence-electron chi connectivity index (χ1n) is 5.47. The van der Waals surface area contributed by atoms with Crippen LogP contribution in [0, 0.1) is 10.1 Å². The van der Waals surface area contributed by atoms with Crippen molar-refractivity contribution in [3.05, 3.63) is 33.9 Å². The summed E-state index contributed by atoms with van der Waals surface area (Å²) in [6.45, 7) is 1.89. The van der Waals surface area contributed by atoms with Gasteiger partial charge in [-0.25, -0.2) is 0 Å². The summed E-state index contributed by atoms with van der Waals surface area (Å²) in [5.74, 6) is -0.601. The second kappa shape index (κ2) is 6.28. The minimum atomic E-state index is -1.07. The number of nitrogens with zero attached hydrogens (tertiary/aromatic N) is 1. The molecule has 19 heavy (non-hydrogen) atoms. The van der Waals surface area contributed by atoms with Crippen molar-refractivity contribution in [2.24, 2.45) is 0 Å². The number of benzene rings is 1. The van der Waals surface area contributed by atoms with Gasteiger partial charge < -0.3 is 11.1 Å². The molecule has 8 heteroatoms. The van der Waals surface area contributed by atoms with Gasteiger partial charge in [0, 0.05) is 40.6 Å². The number of hydrogen-bond donors (Lipinski definition) is 2. The first kappa shape index (κ1) is 15.1. The van der Waals surface area contributed by atoms with Crippen LogP contribution in [0.15, 0.2) is 18.2 Å². The maximum absolute atomic E-state index is 11.9. The standard InChI is InChI=1S/C11H15N3O4S/c1-7(19(2)18)6-13-11(15)9-5-8(12)3-4-10(9)14(16)17/h3-5,7H,6,12H2,1-2H3,(H,13,15). The topological polar surface area (TPSA) is 115 Å². The van der Waals surface area contributed by atoms with Gasteiger partial charge in [0.15, 0.2) is 0 Å². The summed E-state index contributed by atoms with van der Waals surface area (Å²) >= 11 is 0. The fourth-order valence-corrected chi connectivity index (χ4v) is 1.66. The van der Waals surface area contributed by atoms with Gasteiger partial charge in [-0.3, -0.25) is 19.1 Å². The smallest absolute Gasteiger partial charge is 0.282 e. The minimum absolute atomic E-state index is 0.0981. The predicted molar refractivity (Wildman–Crippen MR) is 73.4 cm³/mol. The van der Waals surface area contributed by atoms with Gasteiger partial charge in [0.1, 0.15) is 5.56 Å². The van der Waals surface area contributed by atoms with Gasteiger partial charge in [-0.15, -0.1) is 0 Å². The lowest BCUT2D eigenvalue weighted by Crippen LogP contribution is -2.33. The molecule has 3 N–H and O–H groups in total. The van der Waals surface area contributed by atoms with Gasteiger partial charge in [0.25, 0.3) is 11.6 Å². The number of nitrogen functional groups attached to an aromatic ring is 1. The van der Waals surface area contributed by atoms with Crippen LogP contribution < -0.4 is 11.1 Å². The van der Waals surface area contributed by atoms with Crippen molar-refractivity contribution >= 4 is 28.1 Å². The average Bonchev–Trinajstić information content (AvgIpc) is 2.34. The largest absolute Gasteiger partial charge is 0.399 e. The molecule has 0 aliphatic heterocycles. The molecule has 0 heterocycles. The third-order valence-corrected chi connectivity index (χ3v) is 3.88. The van der Waals surface area contributed by atoms with Gasteiger partial charge >= 0.3 is 0 Å². The Morgan fingerprint density at radius 3 is 2.74 bits per heavy atom. The summed E-state index contributed by atoms with van der Waals surface area (Å²) in [5.41, 5.74) is 5.38. The van der Waals surface area contributed by atoms with Gasteiger partial charge in [0.05, 0.1) is 4.92 Å². The summed E-state index contributed by atoms with van der Waals surface area (Å²) < 4.78 is 11.2. The number of carbonyl (C=O) groups is 1. The second-order valence-electron chi connectivity index (χ2n) is 4.05. The summed E-state index contributed by atoms with van der Waals surface area (Å²) in [7, 11) is -1.07. The highest BCUT2D eigenvalue weighted by Crippen LogP contribution is 2.20. The van der Waals surface area contributed by atoms with Crippen LogP contribution in [0.4, 0.5) is 11.4 Å². The summed E-state index contributed by atoms with van der Waals surface area (Å²) in [6, 6.07) is 3.80. The Bertz CT molecular complexity index is 533. The molecule has 0 radical (unpaired) electrons. The number of nitro groups is 1. The Hall–Kier alpha value is -1.96. The molecular formula is C11H15N3O4S. The minimum Gasteiger partial charge on any atom is -0.399 e. The van der Waals surface area contributed by atoms with E-state index in [4.69, 9.17) is 5.73 Å². The zero-order chi connectivity index (χ0) is 14.6. The van der Waals surface area contributed by atoms with Crippen LogP contribution in [-0.2, 0) is 10.8 Å². The highest BCUT2D eigenvalue weighted by atomic mass is 32.2. The number of nitro benzene ring substituents is 1. The molecule has 0 fully saturated rings. The molecule has 0 aliphatic rings. The Morgan fingerprint density at radius 1 is 1.58 bits per heavy atom. The molecule has 104 valence electrons. The number of carbonyl (C=O) groups excluding carboxylic acids is 1. The highest BCUT2D eigenvalue weighted by molar-refractivity contribution is 7.84. The van der Waals surface area contributed by atoms with Gasteiger partial charge in [-0.2, -0.15) is 0 Å². The van der Waals surface area contributed by atoms with Crippen molar-refractivity contribution in [1.82, 2.24) is 5.32 Å². The van der Waals surface area contributed by atoms with E-state index >= 15 is 0 Å². The maximum Gasteiger partial charge on any atom is 0.282 e. The molecule has 1 amide bonds. The third kappa shape index (κ3) is 4.02. The van der Waals surface area contributed by atoms with E-state index in [1.54, 1.807) is 6.92 Å². The Labute approximate surface area is 112 Å². The Morgan fingerprint density at radius 2 is 2.21 bits per heavy atom. The van der Waals surface area contributed by atoms with Crippen LogP contribution in [0.3, 0.4) is 0 Å². The molecular weight excluding hydrogens is 270 g/mol. The number of nitrogens with two attached hydrogens (primary N) is 1. The number of rotatable bonds is 5. The fourth-order valence-electron chi connectivity index (χ4n) is 1.34. The zero-order valence-corrected chi connectivity index (χ0v) is 11.4. The summed E-state index contributed by atoms with van der Waals surface area (Å²) in [6.07, 6.45) is 1.53. The van der Waals surface area contributed by atoms with Crippen LogP contribution in [0.1, 0.15) is 17.3 Å². The molecule has 0 spiro atoms. The number of amides is 1. The molecule has 2 atom stereocenters. The number of hydrogen-bond acceptors (Lipinski definition) is 5. The van der Waals surface area contributed by atoms with Crippen LogP contribution in [0.5, 0.6) is 0 Å². The van der Waals surface area contributed by atoms with E-state index < -0.39 is 21.6 Å². The van der Waals surface area contributed by atoms with Gasteiger partial charge in [-0.05, 0) is 19.1 Å². The number of nitrogens with one attached hydrogen (secondary N) is 1. The Kier molecular flexibility index (Phi) is 4.99. The van der Waals surface area contributed by atoms with Crippen LogP contribution in [0.25, 0.3) is 0 Å². The van der Waals surface area contributed by atoms with Crippen LogP contribution in [-0.4, -0.2) is 33.1 Å². The predicted octanol–water partition coefficient (Wildman–Crippen LogP) is 0.674. The second-order valence-corrected chi connectivity index (χ2v) is 5.85. The van der Waals surface area contributed by atoms with Crippen molar-refractivity contribution < 1.29 is 13.9 Å². The third-order valence-electron chi connectivity index (χ3n) is 2.58. The summed E-state index contributed by atoms with van der Waals surface area (Å²) in [5, 5.41) is 13.1. The normalized spacial score (nSPS) is 13.6. The lowest BCUT2D eigenvalue weighted by atomic mass is 10.1. The molecule has 1 aromatic rings. The van der Waals surface area contributed by atoms with E-state index in [1.807, 2.05) is 0 Å². The maximum atomic E-state index is 11.9. The lowest BCUT2D eigenvalue weighted by molar-refractivity contribution is -0.385. The molecule has 0 aromatic heterocycles. The van der Waals surface area contributed by atoms with E-state index in [0.29, 0.717) is 0 Å². The average molecular weight is 285 g/mol. The highest BCUT2D eigenvalue weighted by Gasteiger charge is 2.20. The van der Waals surface area contributed by atoms with E-state index in [0.717, 1.165) is 0 Å². The lowest BCUT2D eigenvalue weighted by Gasteiger charge is -2.10. The molecule has 1 aromatic carbocycles. The Balaban J connectivity index is 2.90. The molecule has 0 bridgehead atoms. The van der Waals surface area contributed by atoms with E-state index in [9.17, 15) is 19.1 Å². The molecule has 0 aliphatic carbocycles. The monoisotopic (exact) mass is 285 g/mol. The van der Waals surface area contributed by atoms with Crippen molar-refractivity contribution in [3.8, 4) is 0 Å². The van der Waals surface area contributed by atoms with E-state index in [-0.39, 0.29) is 28.7 Å². The van der Waals surface area contributed by atoms with E-state index in [2.05, 4.69) is 5.32 Å². The van der Waals surface area contributed by atoms with Crippen LogP contribution in [0.2, 0.25) is 0 Å². The molecule has 1 rings (SSSR count). The van der Waals surface area contributed by atoms with Crippen molar-refractivity contribution in [3.63, 3.8) is 0 Å². The number of anilines is 1. The molecule has 0 saturated heterocycles. The quantitative estimate of drug-likeness (QED) is 0.469. The van der Waals surface area contributed by atoms with Gasteiger partial charge in [-0.1, -0.05) is 0 Å². The fraction of sp³-hybridized carbons (Fsp3) is 0.364.